The SMILES string of the molecule is CCN1CCCC(NC(=O)N2CCCCC2CC(=O)O)C1. The highest BCUT2D eigenvalue weighted by Crippen LogP contribution is 2.20. The summed E-state index contributed by atoms with van der Waals surface area (Å²) in [5.74, 6) is -0.825. The highest BCUT2D eigenvalue weighted by Gasteiger charge is 2.30. The first-order chi connectivity index (χ1) is 10.1. The molecule has 120 valence electrons. The predicted octanol–water partition coefficient (Wildman–Crippen LogP) is 1.51. The Labute approximate surface area is 126 Å². The Hall–Kier alpha value is -1.30. The quantitative estimate of drug-likeness (QED) is 0.825. The number of amides is 2. The van der Waals surface area contributed by atoms with E-state index in [9.17, 15) is 9.59 Å². The molecule has 6 heteroatoms. The van der Waals surface area contributed by atoms with Crippen LogP contribution in [0.3, 0.4) is 0 Å². The van der Waals surface area contributed by atoms with E-state index in [1.807, 2.05) is 0 Å². The van der Waals surface area contributed by atoms with Gasteiger partial charge in [0.15, 0.2) is 0 Å². The number of nitrogens with zero attached hydrogens (tertiary/aromatic N) is 2. The van der Waals surface area contributed by atoms with E-state index in [4.69, 9.17) is 5.11 Å². The molecule has 0 aromatic carbocycles. The fourth-order valence-corrected chi connectivity index (χ4v) is 3.40. The standard InChI is InChI=1S/C15H27N3O3/c1-2-17-8-5-6-12(11-17)16-15(21)18-9-4-3-7-13(18)10-14(19)20/h12-13H,2-11H2,1H3,(H,16,21)(H,19,20). The number of nitrogens with one attached hydrogen (secondary N) is 1. The number of urea groups is 1. The third-order valence-corrected chi connectivity index (χ3v) is 4.58. The van der Waals surface area contributed by atoms with Crippen LogP contribution in [0, 0.1) is 0 Å². The molecule has 2 fully saturated rings. The van der Waals surface area contributed by atoms with Crippen LogP contribution < -0.4 is 5.32 Å². The molecule has 0 aromatic heterocycles. The number of carboxylic acids is 1. The van der Waals surface area contributed by atoms with Crippen LogP contribution in [-0.4, -0.2) is 65.2 Å². The molecule has 6 nitrogen and oxygen atoms in total. The Balaban J connectivity index is 1.89. The van der Waals surface area contributed by atoms with Crippen molar-refractivity contribution in [3.05, 3.63) is 0 Å². The number of hydrogen-bond donors (Lipinski definition) is 2. The van der Waals surface area contributed by atoms with Gasteiger partial charge in [0.05, 0.1) is 6.42 Å². The average molecular weight is 297 g/mol. The van der Waals surface area contributed by atoms with Crippen LogP contribution in [0.1, 0.15) is 45.4 Å². The Morgan fingerprint density at radius 2 is 2.00 bits per heavy atom. The van der Waals surface area contributed by atoms with Crippen LogP contribution in [0.2, 0.25) is 0 Å². The van der Waals surface area contributed by atoms with Crippen LogP contribution in [0.4, 0.5) is 4.79 Å². The number of carbonyl (C=O) groups is 2. The van der Waals surface area contributed by atoms with Gasteiger partial charge in [-0.3, -0.25) is 4.79 Å². The van der Waals surface area contributed by atoms with Crippen molar-refractivity contribution >= 4 is 12.0 Å². The summed E-state index contributed by atoms with van der Waals surface area (Å²) >= 11 is 0. The normalized spacial score (nSPS) is 27.4. The van der Waals surface area contributed by atoms with Crippen LogP contribution in [0.5, 0.6) is 0 Å². The summed E-state index contributed by atoms with van der Waals surface area (Å²) in [5.41, 5.74) is 0. The van der Waals surface area contributed by atoms with Gasteiger partial charge in [-0.1, -0.05) is 6.92 Å². The molecule has 0 aromatic rings. The molecule has 2 rings (SSSR count). The van der Waals surface area contributed by atoms with Crippen LogP contribution in [0.25, 0.3) is 0 Å². The average Bonchev–Trinajstić information content (AvgIpc) is 2.47. The van der Waals surface area contributed by atoms with E-state index in [2.05, 4.69) is 17.1 Å². The second-order valence-electron chi connectivity index (χ2n) is 6.12. The summed E-state index contributed by atoms with van der Waals surface area (Å²) in [6, 6.07) is -0.0374. The van der Waals surface area contributed by atoms with E-state index in [0.717, 1.165) is 51.7 Å². The molecular formula is C15H27N3O3. The summed E-state index contributed by atoms with van der Waals surface area (Å²) in [6.45, 7) is 5.83. The first-order valence-electron chi connectivity index (χ1n) is 8.11. The molecule has 2 unspecified atom stereocenters. The number of carboxylic acid groups (broad SMARTS) is 1. The lowest BCUT2D eigenvalue weighted by atomic mass is 9.99. The van der Waals surface area contributed by atoms with E-state index >= 15 is 0 Å². The first-order valence-corrected chi connectivity index (χ1v) is 8.11. The lowest BCUT2D eigenvalue weighted by Crippen LogP contribution is -2.55. The Morgan fingerprint density at radius 3 is 2.71 bits per heavy atom. The van der Waals surface area contributed by atoms with E-state index in [1.54, 1.807) is 4.90 Å². The summed E-state index contributed by atoms with van der Waals surface area (Å²) in [4.78, 5) is 27.5. The van der Waals surface area contributed by atoms with Crippen molar-refractivity contribution in [1.29, 1.82) is 0 Å². The zero-order valence-electron chi connectivity index (χ0n) is 12.9. The third kappa shape index (κ3) is 4.59. The minimum absolute atomic E-state index is 0.0547. The van der Waals surface area contributed by atoms with Gasteiger partial charge in [0.25, 0.3) is 0 Å². The molecule has 2 saturated heterocycles. The summed E-state index contributed by atoms with van der Waals surface area (Å²) < 4.78 is 0. The van der Waals surface area contributed by atoms with Crippen LogP contribution in [-0.2, 0) is 4.79 Å². The molecule has 21 heavy (non-hydrogen) atoms. The number of aliphatic carboxylic acids is 1. The zero-order valence-corrected chi connectivity index (χ0v) is 12.9. The Bertz CT molecular complexity index is 375. The van der Waals surface area contributed by atoms with Crippen molar-refractivity contribution in [2.45, 2.75) is 57.5 Å². The fourth-order valence-electron chi connectivity index (χ4n) is 3.40. The zero-order chi connectivity index (χ0) is 15.2. The monoisotopic (exact) mass is 297 g/mol. The molecule has 0 spiro atoms. The minimum atomic E-state index is -0.825. The smallest absolute Gasteiger partial charge is 0.317 e. The van der Waals surface area contributed by atoms with Gasteiger partial charge < -0.3 is 20.2 Å². The minimum Gasteiger partial charge on any atom is -0.481 e. The highest BCUT2D eigenvalue weighted by atomic mass is 16.4. The van der Waals surface area contributed by atoms with Crippen molar-refractivity contribution in [3.63, 3.8) is 0 Å². The van der Waals surface area contributed by atoms with Crippen molar-refractivity contribution in [2.24, 2.45) is 0 Å². The van der Waals surface area contributed by atoms with E-state index < -0.39 is 5.97 Å². The predicted molar refractivity (Wildman–Crippen MR) is 80.3 cm³/mol. The van der Waals surface area contributed by atoms with Crippen molar-refractivity contribution in [1.82, 2.24) is 15.1 Å². The molecule has 2 aliphatic rings. The molecule has 2 N–H and O–H groups in total. The van der Waals surface area contributed by atoms with Crippen molar-refractivity contribution in [3.8, 4) is 0 Å². The van der Waals surface area contributed by atoms with Gasteiger partial charge in [0, 0.05) is 25.2 Å². The van der Waals surface area contributed by atoms with E-state index in [0.29, 0.717) is 6.54 Å². The van der Waals surface area contributed by atoms with Crippen molar-refractivity contribution in [2.75, 3.05) is 26.2 Å². The molecule has 2 amide bonds. The number of likely N-dealkylation sites (tertiary alicyclic amines) is 2. The number of likely N-dealkylation sites (N-methyl/N-ethyl adjacent to an activating group) is 1. The molecule has 0 aliphatic carbocycles. The number of hydrogen-bond acceptors (Lipinski definition) is 3. The van der Waals surface area contributed by atoms with Gasteiger partial charge >= 0.3 is 12.0 Å². The Kier molecular flexibility index (Phi) is 5.85. The summed E-state index contributed by atoms with van der Waals surface area (Å²) in [5, 5.41) is 12.1. The lowest BCUT2D eigenvalue weighted by molar-refractivity contribution is -0.138. The Morgan fingerprint density at radius 1 is 1.19 bits per heavy atom. The molecule has 2 atom stereocenters. The highest BCUT2D eigenvalue weighted by molar-refractivity contribution is 5.76. The molecular weight excluding hydrogens is 270 g/mol. The lowest BCUT2D eigenvalue weighted by Gasteiger charge is -2.38. The number of rotatable bonds is 4. The number of piperidine rings is 2. The second-order valence-corrected chi connectivity index (χ2v) is 6.12. The molecule has 2 aliphatic heterocycles. The molecule has 0 radical (unpaired) electrons. The first kappa shape index (κ1) is 16.1. The van der Waals surface area contributed by atoms with Crippen molar-refractivity contribution < 1.29 is 14.7 Å². The number of carbonyl (C=O) groups excluding carboxylic acids is 1. The summed E-state index contributed by atoms with van der Waals surface area (Å²) in [7, 11) is 0. The molecule has 0 bridgehead atoms. The van der Waals surface area contributed by atoms with Gasteiger partial charge in [0.1, 0.15) is 0 Å². The van der Waals surface area contributed by atoms with E-state index in [-0.39, 0.29) is 24.5 Å². The fraction of sp³-hybridized carbons (Fsp3) is 0.867. The summed E-state index contributed by atoms with van der Waals surface area (Å²) in [6.07, 6.45) is 4.95. The van der Waals surface area contributed by atoms with Gasteiger partial charge in [-0.2, -0.15) is 0 Å². The maximum absolute atomic E-state index is 12.5. The second kappa shape index (κ2) is 7.64. The van der Waals surface area contributed by atoms with Crippen LogP contribution in [0.15, 0.2) is 0 Å². The van der Waals surface area contributed by atoms with Gasteiger partial charge in [0.2, 0.25) is 0 Å². The maximum Gasteiger partial charge on any atom is 0.317 e. The van der Waals surface area contributed by atoms with E-state index in [1.165, 1.54) is 0 Å². The van der Waals surface area contributed by atoms with Crippen LogP contribution >= 0.6 is 0 Å². The largest absolute Gasteiger partial charge is 0.481 e. The van der Waals surface area contributed by atoms with Gasteiger partial charge in [-0.15, -0.1) is 0 Å². The van der Waals surface area contributed by atoms with Gasteiger partial charge in [-0.05, 0) is 45.2 Å². The topological polar surface area (TPSA) is 72.9 Å². The molecule has 0 saturated carbocycles. The third-order valence-electron chi connectivity index (χ3n) is 4.58. The van der Waals surface area contributed by atoms with Gasteiger partial charge in [-0.25, -0.2) is 4.79 Å². The maximum atomic E-state index is 12.5. The molecule has 2 heterocycles.